The van der Waals surface area contributed by atoms with Crippen molar-refractivity contribution in [1.82, 2.24) is 0 Å². The molecule has 0 saturated carbocycles. The third kappa shape index (κ3) is 2.84. The van der Waals surface area contributed by atoms with Gasteiger partial charge < -0.3 is 10.8 Å². The second kappa shape index (κ2) is 5.32. The Morgan fingerprint density at radius 3 is 2.62 bits per heavy atom. The molecule has 84 valence electrons. The average molecular weight is 239 g/mol. The van der Waals surface area contributed by atoms with E-state index >= 15 is 0 Å². The minimum absolute atomic E-state index is 0.0417. The molecule has 5 heteroatoms. The minimum Gasteiger partial charge on any atom is -0.478 e. The molecule has 0 bridgehead atoms. The molecule has 0 spiro atoms. The fourth-order valence-electron chi connectivity index (χ4n) is 1.13. The molecule has 0 amide bonds. The number of para-hydroxylation sites is 1. The van der Waals surface area contributed by atoms with Gasteiger partial charge in [0.15, 0.2) is 0 Å². The van der Waals surface area contributed by atoms with Gasteiger partial charge in [0.05, 0.1) is 22.0 Å². The van der Waals surface area contributed by atoms with E-state index in [1.165, 1.54) is 0 Å². The quantitative estimate of drug-likeness (QED) is 0.627. The number of nitrogens with zero attached hydrogens (tertiary/aromatic N) is 1. The molecule has 0 saturated heterocycles. The Labute approximate surface area is 98.1 Å². The van der Waals surface area contributed by atoms with Gasteiger partial charge in [-0.1, -0.05) is 23.7 Å². The third-order valence-electron chi connectivity index (χ3n) is 1.93. The molecule has 0 unspecified atom stereocenters. The van der Waals surface area contributed by atoms with Crippen LogP contribution < -0.4 is 5.73 Å². The Morgan fingerprint density at radius 1 is 1.50 bits per heavy atom. The molecule has 0 aliphatic heterocycles. The number of nitrogens with two attached hydrogens (primary N) is 1. The standard InChI is InChI=1S/C11H11ClN2O2/c1-7(8(6-13)11(15)16)14-10-5-3-2-4-9(10)12/h2-6H,13H2,1H3,(H,15,16). The molecule has 3 N–H and O–H groups in total. The molecule has 0 fully saturated rings. The van der Waals surface area contributed by atoms with E-state index in [4.69, 9.17) is 22.4 Å². The molecule has 1 rings (SSSR count). The monoisotopic (exact) mass is 238 g/mol. The summed E-state index contributed by atoms with van der Waals surface area (Å²) in [5, 5.41) is 9.29. The summed E-state index contributed by atoms with van der Waals surface area (Å²) in [7, 11) is 0. The first-order valence-electron chi connectivity index (χ1n) is 4.51. The summed E-state index contributed by atoms with van der Waals surface area (Å²) in [5.74, 6) is -1.11. The third-order valence-corrected chi connectivity index (χ3v) is 2.25. The van der Waals surface area contributed by atoms with E-state index in [9.17, 15) is 4.79 Å². The van der Waals surface area contributed by atoms with E-state index < -0.39 is 5.97 Å². The van der Waals surface area contributed by atoms with Crippen molar-refractivity contribution in [2.24, 2.45) is 10.7 Å². The zero-order valence-corrected chi connectivity index (χ0v) is 9.40. The van der Waals surface area contributed by atoms with Gasteiger partial charge in [0.25, 0.3) is 0 Å². The highest BCUT2D eigenvalue weighted by Gasteiger charge is 2.10. The molecule has 0 aromatic heterocycles. The topological polar surface area (TPSA) is 75.7 Å². The van der Waals surface area contributed by atoms with Gasteiger partial charge in [-0.2, -0.15) is 0 Å². The first kappa shape index (κ1) is 12.3. The average Bonchev–Trinajstić information content (AvgIpc) is 2.22. The normalized spacial score (nSPS) is 12.6. The van der Waals surface area contributed by atoms with Crippen LogP contribution in [0.5, 0.6) is 0 Å². The molecule has 1 aromatic rings. The van der Waals surface area contributed by atoms with Crippen molar-refractivity contribution < 1.29 is 9.90 Å². The van der Waals surface area contributed by atoms with Gasteiger partial charge in [0.2, 0.25) is 0 Å². The highest BCUT2D eigenvalue weighted by molar-refractivity contribution is 6.33. The van der Waals surface area contributed by atoms with Gasteiger partial charge in [0, 0.05) is 6.20 Å². The van der Waals surface area contributed by atoms with Crippen molar-refractivity contribution >= 4 is 29.0 Å². The molecule has 0 aliphatic rings. The number of carbonyl (C=O) groups is 1. The van der Waals surface area contributed by atoms with Crippen molar-refractivity contribution in [1.29, 1.82) is 0 Å². The summed E-state index contributed by atoms with van der Waals surface area (Å²) in [6.45, 7) is 1.57. The Hall–Kier alpha value is -1.81. The van der Waals surface area contributed by atoms with Crippen molar-refractivity contribution in [2.45, 2.75) is 6.92 Å². The zero-order valence-electron chi connectivity index (χ0n) is 8.64. The van der Waals surface area contributed by atoms with Gasteiger partial charge >= 0.3 is 5.97 Å². The van der Waals surface area contributed by atoms with Crippen LogP contribution in [0.15, 0.2) is 41.0 Å². The maximum absolute atomic E-state index is 10.8. The number of rotatable bonds is 3. The van der Waals surface area contributed by atoms with Crippen molar-refractivity contribution in [3.05, 3.63) is 41.1 Å². The number of hydrogen-bond donors (Lipinski definition) is 2. The maximum atomic E-state index is 10.8. The summed E-state index contributed by atoms with van der Waals surface area (Å²) in [6.07, 6.45) is 1.01. The summed E-state index contributed by atoms with van der Waals surface area (Å²) in [6, 6.07) is 6.92. The van der Waals surface area contributed by atoms with Crippen molar-refractivity contribution in [3.63, 3.8) is 0 Å². The highest BCUT2D eigenvalue weighted by atomic mass is 35.5. The molecule has 0 radical (unpaired) electrons. The summed E-state index contributed by atoms with van der Waals surface area (Å²) in [5.41, 5.74) is 5.99. The lowest BCUT2D eigenvalue weighted by Gasteiger charge is -2.02. The number of carboxylic acid groups (broad SMARTS) is 1. The van der Waals surface area contributed by atoms with Crippen LogP contribution in [0.1, 0.15) is 6.92 Å². The summed E-state index contributed by atoms with van der Waals surface area (Å²) >= 11 is 5.89. The van der Waals surface area contributed by atoms with Crippen molar-refractivity contribution in [2.75, 3.05) is 0 Å². The number of aliphatic carboxylic acids is 1. The molecule has 0 aliphatic carbocycles. The second-order valence-electron chi connectivity index (χ2n) is 3.03. The predicted molar refractivity (Wildman–Crippen MR) is 64.1 cm³/mol. The molecular weight excluding hydrogens is 228 g/mol. The first-order valence-corrected chi connectivity index (χ1v) is 4.89. The maximum Gasteiger partial charge on any atom is 0.339 e. The number of halogens is 1. The lowest BCUT2D eigenvalue weighted by molar-refractivity contribution is -0.132. The SMILES string of the molecule is CC(=Nc1ccccc1Cl)C(=CN)C(=O)O. The van der Waals surface area contributed by atoms with Crippen LogP contribution >= 0.6 is 11.6 Å². The Bertz CT molecular complexity index is 467. The van der Waals surface area contributed by atoms with E-state index in [0.29, 0.717) is 16.4 Å². The Kier molecular flexibility index (Phi) is 4.08. The lowest BCUT2D eigenvalue weighted by atomic mass is 10.2. The fraction of sp³-hybridized carbons (Fsp3) is 0.0909. The zero-order chi connectivity index (χ0) is 12.1. The highest BCUT2D eigenvalue weighted by Crippen LogP contribution is 2.24. The molecule has 0 heterocycles. The summed E-state index contributed by atoms with van der Waals surface area (Å²) in [4.78, 5) is 14.9. The number of hydrogen-bond acceptors (Lipinski definition) is 3. The predicted octanol–water partition coefficient (Wildman–Crippen LogP) is 2.36. The van der Waals surface area contributed by atoms with Gasteiger partial charge in [-0.05, 0) is 19.1 Å². The van der Waals surface area contributed by atoms with Crippen LogP contribution in [-0.4, -0.2) is 16.8 Å². The molecule has 4 nitrogen and oxygen atoms in total. The first-order chi connectivity index (χ1) is 7.56. The number of aliphatic imine (C=N–C) groups is 1. The van der Waals surface area contributed by atoms with Crippen LogP contribution in [-0.2, 0) is 4.79 Å². The molecule has 1 aromatic carbocycles. The minimum atomic E-state index is -1.11. The largest absolute Gasteiger partial charge is 0.478 e. The molecular formula is C11H11ClN2O2. The Balaban J connectivity index is 3.11. The Morgan fingerprint density at radius 2 is 2.12 bits per heavy atom. The van der Waals surface area contributed by atoms with Crippen LogP contribution in [0.4, 0.5) is 5.69 Å². The number of carboxylic acids is 1. The molecule has 16 heavy (non-hydrogen) atoms. The van der Waals surface area contributed by atoms with E-state index in [0.717, 1.165) is 6.20 Å². The van der Waals surface area contributed by atoms with Crippen LogP contribution in [0, 0.1) is 0 Å². The van der Waals surface area contributed by atoms with Gasteiger partial charge in [-0.25, -0.2) is 4.79 Å². The second-order valence-corrected chi connectivity index (χ2v) is 3.44. The van der Waals surface area contributed by atoms with Crippen LogP contribution in [0.25, 0.3) is 0 Å². The van der Waals surface area contributed by atoms with Gasteiger partial charge in [-0.3, -0.25) is 4.99 Å². The van der Waals surface area contributed by atoms with E-state index in [1.807, 2.05) is 0 Å². The fourth-order valence-corrected chi connectivity index (χ4v) is 1.31. The number of benzene rings is 1. The van der Waals surface area contributed by atoms with E-state index in [2.05, 4.69) is 4.99 Å². The van der Waals surface area contributed by atoms with Crippen LogP contribution in [0.3, 0.4) is 0 Å². The van der Waals surface area contributed by atoms with E-state index in [-0.39, 0.29) is 5.57 Å². The van der Waals surface area contributed by atoms with Crippen LogP contribution in [0.2, 0.25) is 5.02 Å². The smallest absolute Gasteiger partial charge is 0.339 e. The van der Waals surface area contributed by atoms with Crippen molar-refractivity contribution in [3.8, 4) is 0 Å². The van der Waals surface area contributed by atoms with E-state index in [1.54, 1.807) is 31.2 Å². The summed E-state index contributed by atoms with van der Waals surface area (Å²) < 4.78 is 0. The van der Waals surface area contributed by atoms with Gasteiger partial charge in [0.1, 0.15) is 0 Å². The lowest BCUT2D eigenvalue weighted by Crippen LogP contribution is -2.11. The van der Waals surface area contributed by atoms with Gasteiger partial charge in [-0.15, -0.1) is 0 Å². The molecule has 0 atom stereocenters.